The number of ether oxygens (including phenoxy) is 2. The summed E-state index contributed by atoms with van der Waals surface area (Å²) in [7, 11) is 1.30. The number of esters is 2. The van der Waals surface area contributed by atoms with Crippen LogP contribution >= 0.6 is 23.2 Å². The lowest BCUT2D eigenvalue weighted by Crippen LogP contribution is -2.36. The molecule has 0 saturated carbocycles. The van der Waals surface area contributed by atoms with Gasteiger partial charge in [-0.3, -0.25) is 9.79 Å². The minimum atomic E-state index is -0.849. The maximum absolute atomic E-state index is 13.3. The van der Waals surface area contributed by atoms with Crippen molar-refractivity contribution in [3.63, 3.8) is 0 Å². The lowest BCUT2D eigenvalue weighted by Gasteiger charge is -2.31. The van der Waals surface area contributed by atoms with Gasteiger partial charge in [0.05, 0.1) is 29.1 Å². The van der Waals surface area contributed by atoms with E-state index in [9.17, 15) is 9.59 Å². The molecule has 0 radical (unpaired) electrons. The first kappa shape index (κ1) is 27.4. The number of halogens is 2. The van der Waals surface area contributed by atoms with E-state index >= 15 is 0 Å². The first-order valence-corrected chi connectivity index (χ1v) is 12.7. The number of carbonyl (C=O) groups is 2. The van der Waals surface area contributed by atoms with Crippen LogP contribution in [0.2, 0.25) is 10.0 Å². The van der Waals surface area contributed by atoms with Gasteiger partial charge in [0, 0.05) is 36.3 Å². The summed E-state index contributed by atoms with van der Waals surface area (Å²) in [6.45, 7) is 4.21. The molecule has 2 heterocycles. The second kappa shape index (κ2) is 12.2. The first-order valence-electron chi connectivity index (χ1n) is 12.0. The van der Waals surface area contributed by atoms with E-state index in [4.69, 9.17) is 32.7 Å². The minimum absolute atomic E-state index is 0.0357. The van der Waals surface area contributed by atoms with Gasteiger partial charge in [0.1, 0.15) is 12.5 Å². The Morgan fingerprint density at radius 3 is 2.55 bits per heavy atom. The lowest BCUT2D eigenvalue weighted by molar-refractivity contribution is -0.143. The van der Waals surface area contributed by atoms with Crippen molar-refractivity contribution in [2.24, 2.45) is 10.9 Å². The Kier molecular flexibility index (Phi) is 8.81. The summed E-state index contributed by atoms with van der Waals surface area (Å²) in [5.41, 5.74) is 3.86. The molecule has 1 aliphatic heterocycles. The number of imidazole rings is 1. The smallest absolute Gasteiger partial charge is 0.336 e. The van der Waals surface area contributed by atoms with Crippen LogP contribution in [0, 0.1) is 5.92 Å². The van der Waals surface area contributed by atoms with E-state index in [0.717, 1.165) is 17.7 Å². The number of benzene rings is 2. The minimum Gasteiger partial charge on any atom is -0.468 e. The van der Waals surface area contributed by atoms with Crippen LogP contribution in [0.5, 0.6) is 0 Å². The summed E-state index contributed by atoms with van der Waals surface area (Å²) in [5.74, 6) is -2.72. The van der Waals surface area contributed by atoms with Gasteiger partial charge in [-0.25, -0.2) is 9.78 Å². The van der Waals surface area contributed by atoms with Gasteiger partial charge in [-0.1, -0.05) is 65.7 Å². The number of hydrogen-bond acceptors (Lipinski definition) is 6. The van der Waals surface area contributed by atoms with Crippen molar-refractivity contribution in [3.05, 3.63) is 105 Å². The molecule has 0 amide bonds. The van der Waals surface area contributed by atoms with Crippen LogP contribution < -0.4 is 0 Å². The second-order valence-corrected chi connectivity index (χ2v) is 9.64. The molecule has 7 nitrogen and oxygen atoms in total. The molecule has 0 saturated heterocycles. The van der Waals surface area contributed by atoms with Gasteiger partial charge >= 0.3 is 11.9 Å². The number of aliphatic imine (C=N–C) groups is 1. The maximum atomic E-state index is 13.3. The van der Waals surface area contributed by atoms with Crippen LogP contribution in [0.4, 0.5) is 0 Å². The number of nitrogens with zero attached hydrogens (tertiary/aromatic N) is 3. The van der Waals surface area contributed by atoms with E-state index in [1.807, 2.05) is 41.1 Å². The van der Waals surface area contributed by atoms with E-state index in [1.165, 1.54) is 7.11 Å². The van der Waals surface area contributed by atoms with Crippen molar-refractivity contribution in [2.45, 2.75) is 26.3 Å². The van der Waals surface area contributed by atoms with Gasteiger partial charge in [-0.15, -0.1) is 0 Å². The highest BCUT2D eigenvalue weighted by atomic mass is 35.5. The van der Waals surface area contributed by atoms with E-state index in [1.54, 1.807) is 50.6 Å². The number of rotatable bonds is 8. The molecule has 9 heteroatoms. The van der Waals surface area contributed by atoms with Crippen molar-refractivity contribution in [1.82, 2.24) is 9.55 Å². The predicted octanol–water partition coefficient (Wildman–Crippen LogP) is 6.12. The Morgan fingerprint density at radius 1 is 1.11 bits per heavy atom. The van der Waals surface area contributed by atoms with E-state index < -0.39 is 23.8 Å². The summed E-state index contributed by atoms with van der Waals surface area (Å²) in [6, 6.07) is 13.2. The topological polar surface area (TPSA) is 82.8 Å². The summed E-state index contributed by atoms with van der Waals surface area (Å²) in [5, 5.41) is 0.578. The molecule has 2 aromatic carbocycles. The Balaban J connectivity index is 1.51. The molecule has 0 fully saturated rings. The molecular formula is C29H27Cl2N3O4. The number of hydrogen-bond donors (Lipinski definition) is 0. The van der Waals surface area contributed by atoms with Crippen molar-refractivity contribution < 1.29 is 19.1 Å². The first-order chi connectivity index (χ1) is 18.3. The molecule has 196 valence electrons. The van der Waals surface area contributed by atoms with Gasteiger partial charge in [0.25, 0.3) is 0 Å². The van der Waals surface area contributed by atoms with Crippen LogP contribution in [0.25, 0.3) is 6.08 Å². The van der Waals surface area contributed by atoms with Gasteiger partial charge in [-0.2, -0.15) is 0 Å². The number of aromatic nitrogens is 2. The molecule has 2 atom stereocenters. The second-order valence-electron chi connectivity index (χ2n) is 8.85. The van der Waals surface area contributed by atoms with Crippen LogP contribution in [0.15, 0.2) is 83.5 Å². The molecule has 0 spiro atoms. The molecule has 0 bridgehead atoms. The maximum Gasteiger partial charge on any atom is 0.336 e. The van der Waals surface area contributed by atoms with Crippen molar-refractivity contribution >= 4 is 46.9 Å². The molecule has 2 unspecified atom stereocenters. The molecule has 0 N–H and O–H groups in total. The van der Waals surface area contributed by atoms with Crippen molar-refractivity contribution in [3.8, 4) is 0 Å². The monoisotopic (exact) mass is 551 g/mol. The average Bonchev–Trinajstić information content (AvgIpc) is 3.41. The zero-order valence-corrected chi connectivity index (χ0v) is 22.7. The highest BCUT2D eigenvalue weighted by Gasteiger charge is 2.43. The fraction of sp³-hybridized carbons (Fsp3) is 0.241. The van der Waals surface area contributed by atoms with Crippen LogP contribution in [-0.4, -0.2) is 40.9 Å². The Hall–Kier alpha value is -3.68. The standard InChI is InChI=1S/C29H27Cl2N3O4/c1-18-24(28(35)37-3)26(22-7-4-8-23(30)27(22)31)25(19(2)33-18)29(36)38-15-5-6-20-9-11-21(12-10-20)16-34-14-13-32-17-34/h4-14,17,24,26H,15-16H2,1-3H3. The zero-order chi connectivity index (χ0) is 27.2. The third-order valence-electron chi connectivity index (χ3n) is 6.34. The SMILES string of the molecule is COC(=O)C1C(C)=NC(C)=C(C(=O)OCC=Cc2ccc(Cn3ccnc3)cc2)C1c1cccc(Cl)c1Cl. The summed E-state index contributed by atoms with van der Waals surface area (Å²) < 4.78 is 12.6. The number of allylic oxidation sites excluding steroid dienone is 1. The fourth-order valence-corrected chi connectivity index (χ4v) is 4.97. The lowest BCUT2D eigenvalue weighted by atomic mass is 9.75. The van der Waals surface area contributed by atoms with Crippen LogP contribution in [-0.2, 0) is 25.6 Å². The largest absolute Gasteiger partial charge is 0.468 e. The average molecular weight is 552 g/mol. The third-order valence-corrected chi connectivity index (χ3v) is 7.18. The van der Waals surface area contributed by atoms with Gasteiger partial charge in [-0.05, 0) is 42.7 Å². The molecule has 3 aromatic rings. The fourth-order valence-electron chi connectivity index (χ4n) is 4.54. The Morgan fingerprint density at radius 2 is 1.87 bits per heavy atom. The van der Waals surface area contributed by atoms with Crippen molar-refractivity contribution in [2.75, 3.05) is 13.7 Å². The summed E-state index contributed by atoms with van der Waals surface area (Å²) in [6.07, 6.45) is 9.07. The molecule has 1 aliphatic rings. The highest BCUT2D eigenvalue weighted by molar-refractivity contribution is 6.42. The Labute approximate surface area is 231 Å². The van der Waals surface area contributed by atoms with E-state index in [0.29, 0.717) is 22.0 Å². The normalized spacial score (nSPS) is 17.4. The van der Waals surface area contributed by atoms with Crippen LogP contribution in [0.3, 0.4) is 0 Å². The van der Waals surface area contributed by atoms with Gasteiger partial charge < -0.3 is 14.0 Å². The molecule has 1 aromatic heterocycles. The molecule has 38 heavy (non-hydrogen) atoms. The van der Waals surface area contributed by atoms with Gasteiger partial charge in [0.15, 0.2) is 0 Å². The third kappa shape index (κ3) is 6.06. The molecule has 4 rings (SSSR count). The number of carbonyl (C=O) groups excluding carboxylic acids is 2. The van der Waals surface area contributed by atoms with E-state index in [2.05, 4.69) is 9.98 Å². The van der Waals surface area contributed by atoms with Gasteiger partial charge in [0.2, 0.25) is 0 Å². The summed E-state index contributed by atoms with van der Waals surface area (Å²) >= 11 is 12.8. The van der Waals surface area contributed by atoms with Crippen molar-refractivity contribution in [1.29, 1.82) is 0 Å². The number of methoxy groups -OCH3 is 1. The molecular weight excluding hydrogens is 525 g/mol. The van der Waals surface area contributed by atoms with E-state index in [-0.39, 0.29) is 17.2 Å². The molecule has 0 aliphatic carbocycles. The quantitative estimate of drug-likeness (QED) is 0.315. The summed E-state index contributed by atoms with van der Waals surface area (Å²) in [4.78, 5) is 34.7. The van der Waals surface area contributed by atoms with Crippen LogP contribution in [0.1, 0.15) is 36.5 Å². The predicted molar refractivity (Wildman–Crippen MR) is 148 cm³/mol. The Bertz CT molecular complexity index is 1410. The highest BCUT2D eigenvalue weighted by Crippen LogP contribution is 2.44. The zero-order valence-electron chi connectivity index (χ0n) is 21.2.